The van der Waals surface area contributed by atoms with E-state index in [1.807, 2.05) is 6.07 Å². The molecule has 22 heavy (non-hydrogen) atoms. The van der Waals surface area contributed by atoms with Crippen LogP contribution in [0, 0.1) is 0 Å². The van der Waals surface area contributed by atoms with Crippen molar-refractivity contribution < 1.29 is 9.90 Å². The van der Waals surface area contributed by atoms with E-state index in [1.165, 1.54) is 0 Å². The fourth-order valence-corrected chi connectivity index (χ4v) is 3.10. The summed E-state index contributed by atoms with van der Waals surface area (Å²) in [7, 11) is 0. The van der Waals surface area contributed by atoms with Crippen LogP contribution in [0.3, 0.4) is 0 Å². The second-order valence-corrected chi connectivity index (χ2v) is 6.13. The molecule has 0 bridgehead atoms. The summed E-state index contributed by atoms with van der Waals surface area (Å²) in [6.45, 7) is 0. The van der Waals surface area contributed by atoms with Crippen molar-refractivity contribution in [2.75, 3.05) is 5.32 Å². The summed E-state index contributed by atoms with van der Waals surface area (Å²) in [5, 5.41) is 13.0. The predicted octanol–water partition coefficient (Wildman–Crippen LogP) is 2.97. The number of carbonyl (C=O) groups excluding carboxylic acids is 1. The normalized spacial score (nSPS) is 13.5. The number of pyridine rings is 1. The van der Waals surface area contributed by atoms with Crippen LogP contribution in [-0.4, -0.2) is 16.0 Å². The number of fused-ring (bicyclic) bond motifs is 1. The predicted molar refractivity (Wildman–Crippen MR) is 87.5 cm³/mol. The van der Waals surface area contributed by atoms with Gasteiger partial charge in [-0.2, -0.15) is 0 Å². The van der Waals surface area contributed by atoms with E-state index < -0.39 is 11.5 Å². The number of amides is 1. The Bertz CT molecular complexity index is 798. The number of rotatable bonds is 2. The fraction of sp³-hybridized carbons (Fsp3) is 0.250. The van der Waals surface area contributed by atoms with Gasteiger partial charge in [0.15, 0.2) is 0 Å². The van der Waals surface area contributed by atoms with Gasteiger partial charge in [-0.3, -0.25) is 9.59 Å². The van der Waals surface area contributed by atoms with Gasteiger partial charge >= 0.3 is 0 Å². The average molecular weight is 363 g/mol. The first-order valence-electron chi connectivity index (χ1n) is 7.11. The van der Waals surface area contributed by atoms with Crippen molar-refractivity contribution in [1.29, 1.82) is 0 Å². The van der Waals surface area contributed by atoms with Crippen molar-refractivity contribution in [2.24, 2.45) is 0 Å². The second kappa shape index (κ2) is 5.96. The smallest absolute Gasteiger partial charge is 0.265 e. The minimum atomic E-state index is -0.612. The van der Waals surface area contributed by atoms with Gasteiger partial charge in [-0.1, -0.05) is 12.1 Å². The maximum absolute atomic E-state index is 12.4. The van der Waals surface area contributed by atoms with Crippen molar-refractivity contribution >= 4 is 27.5 Å². The largest absolute Gasteiger partial charge is 0.507 e. The molecule has 0 aliphatic heterocycles. The lowest BCUT2D eigenvalue weighted by molar-refractivity contribution is 0.102. The molecule has 0 saturated carbocycles. The van der Waals surface area contributed by atoms with Crippen LogP contribution >= 0.6 is 15.9 Å². The zero-order valence-corrected chi connectivity index (χ0v) is 13.4. The molecular weight excluding hydrogens is 348 g/mol. The Hall–Kier alpha value is -2.08. The number of para-hydroxylation sites is 1. The van der Waals surface area contributed by atoms with Crippen molar-refractivity contribution in [2.45, 2.75) is 25.7 Å². The van der Waals surface area contributed by atoms with Gasteiger partial charge in [0, 0.05) is 15.7 Å². The van der Waals surface area contributed by atoms with Gasteiger partial charge in [-0.05, 0) is 53.7 Å². The molecule has 3 rings (SSSR count). The minimum Gasteiger partial charge on any atom is -0.507 e. The lowest BCUT2D eigenvalue weighted by Crippen LogP contribution is -2.26. The molecule has 0 radical (unpaired) electrons. The highest BCUT2D eigenvalue weighted by molar-refractivity contribution is 9.10. The van der Waals surface area contributed by atoms with E-state index in [2.05, 4.69) is 26.2 Å². The van der Waals surface area contributed by atoms with Gasteiger partial charge in [0.05, 0.1) is 5.69 Å². The second-order valence-electron chi connectivity index (χ2n) is 5.28. The first kappa shape index (κ1) is 14.8. The zero-order chi connectivity index (χ0) is 15.7. The third-order valence-corrected chi connectivity index (χ3v) is 4.52. The first-order valence-corrected chi connectivity index (χ1v) is 7.90. The van der Waals surface area contributed by atoms with E-state index in [4.69, 9.17) is 0 Å². The number of benzene rings is 1. The van der Waals surface area contributed by atoms with Crippen molar-refractivity contribution in [3.8, 4) is 5.75 Å². The summed E-state index contributed by atoms with van der Waals surface area (Å²) in [5.74, 6) is -0.804. The van der Waals surface area contributed by atoms with E-state index in [-0.39, 0.29) is 11.3 Å². The maximum Gasteiger partial charge on any atom is 0.265 e. The molecule has 1 aromatic heterocycles. The molecular formula is C16H15BrN2O3. The van der Waals surface area contributed by atoms with E-state index in [0.717, 1.165) is 25.0 Å². The highest BCUT2D eigenvalue weighted by atomic mass is 79.9. The number of hydrogen-bond acceptors (Lipinski definition) is 3. The highest BCUT2D eigenvalue weighted by Gasteiger charge is 2.24. The van der Waals surface area contributed by atoms with Gasteiger partial charge in [0.25, 0.3) is 11.5 Å². The molecule has 1 aromatic carbocycles. The average Bonchev–Trinajstić information content (AvgIpc) is 2.49. The van der Waals surface area contributed by atoms with E-state index in [1.54, 1.807) is 18.2 Å². The molecule has 0 saturated heterocycles. The molecule has 5 nitrogen and oxygen atoms in total. The Morgan fingerprint density at radius 2 is 1.95 bits per heavy atom. The molecule has 1 amide bonds. The molecule has 2 aromatic rings. The number of hydrogen-bond donors (Lipinski definition) is 3. The summed E-state index contributed by atoms with van der Waals surface area (Å²) in [6.07, 6.45) is 3.32. The number of halogens is 1. The third-order valence-electron chi connectivity index (χ3n) is 3.83. The van der Waals surface area contributed by atoms with Gasteiger partial charge in [0.1, 0.15) is 11.3 Å². The molecule has 0 spiro atoms. The topological polar surface area (TPSA) is 82.2 Å². The van der Waals surface area contributed by atoms with E-state index in [0.29, 0.717) is 22.1 Å². The lowest BCUT2D eigenvalue weighted by Gasteiger charge is -2.18. The standard InChI is InChI=1S/C16H15BrN2O3/c17-10-6-2-4-8-12(10)19-16(22)13-14(20)9-5-1-3-7-11(9)18-15(13)21/h2,4,6,8H,1,3,5,7H2,(H,19,22)(H2,18,20,21). The maximum atomic E-state index is 12.4. The Morgan fingerprint density at radius 3 is 2.73 bits per heavy atom. The Balaban J connectivity index is 2.00. The van der Waals surface area contributed by atoms with Crippen LogP contribution < -0.4 is 10.9 Å². The monoisotopic (exact) mass is 362 g/mol. The summed E-state index contributed by atoms with van der Waals surface area (Å²) in [5.41, 5.74) is 1.19. The number of H-pyrrole nitrogens is 1. The van der Waals surface area contributed by atoms with E-state index >= 15 is 0 Å². The lowest BCUT2D eigenvalue weighted by atomic mass is 9.93. The number of aryl methyl sites for hydroxylation is 1. The molecule has 3 N–H and O–H groups in total. The van der Waals surface area contributed by atoms with Crippen LogP contribution in [0.25, 0.3) is 0 Å². The van der Waals surface area contributed by atoms with Gasteiger partial charge < -0.3 is 15.4 Å². The molecule has 0 fully saturated rings. The number of aromatic hydroxyl groups is 1. The summed E-state index contributed by atoms with van der Waals surface area (Å²) >= 11 is 3.33. The van der Waals surface area contributed by atoms with E-state index in [9.17, 15) is 14.7 Å². The third kappa shape index (κ3) is 2.66. The molecule has 1 aliphatic carbocycles. The Labute approximate surface area is 135 Å². The van der Waals surface area contributed by atoms with Gasteiger partial charge in [-0.15, -0.1) is 0 Å². The van der Waals surface area contributed by atoms with Crippen LogP contribution in [0.2, 0.25) is 0 Å². The number of aromatic nitrogens is 1. The van der Waals surface area contributed by atoms with Crippen LogP contribution in [0.1, 0.15) is 34.5 Å². The number of carbonyl (C=O) groups is 1. The number of aromatic amines is 1. The van der Waals surface area contributed by atoms with Crippen LogP contribution in [0.4, 0.5) is 5.69 Å². The SMILES string of the molecule is O=C(Nc1ccccc1Br)c1c(O)c2c([nH]c1=O)CCCC2. The first-order chi connectivity index (χ1) is 10.6. The van der Waals surface area contributed by atoms with Crippen molar-refractivity contribution in [1.82, 2.24) is 4.98 Å². The van der Waals surface area contributed by atoms with Crippen LogP contribution in [0.5, 0.6) is 5.75 Å². The quantitative estimate of drug-likeness (QED) is 0.767. The zero-order valence-electron chi connectivity index (χ0n) is 11.8. The van der Waals surface area contributed by atoms with Crippen molar-refractivity contribution in [3.63, 3.8) is 0 Å². The Morgan fingerprint density at radius 1 is 1.23 bits per heavy atom. The molecule has 0 atom stereocenters. The molecule has 6 heteroatoms. The highest BCUT2D eigenvalue weighted by Crippen LogP contribution is 2.29. The Kier molecular flexibility index (Phi) is 4.02. The number of nitrogens with one attached hydrogen (secondary N) is 2. The minimum absolute atomic E-state index is 0.192. The van der Waals surface area contributed by atoms with Gasteiger partial charge in [-0.25, -0.2) is 0 Å². The molecule has 1 heterocycles. The summed E-state index contributed by atoms with van der Waals surface area (Å²) in [4.78, 5) is 27.3. The van der Waals surface area contributed by atoms with Crippen LogP contribution in [0.15, 0.2) is 33.5 Å². The number of anilines is 1. The molecule has 0 unspecified atom stereocenters. The van der Waals surface area contributed by atoms with Crippen molar-refractivity contribution in [3.05, 3.63) is 55.9 Å². The fourth-order valence-electron chi connectivity index (χ4n) is 2.72. The summed E-state index contributed by atoms with van der Waals surface area (Å²) in [6, 6.07) is 7.10. The molecule has 1 aliphatic rings. The van der Waals surface area contributed by atoms with Gasteiger partial charge in [0.2, 0.25) is 0 Å². The summed E-state index contributed by atoms with van der Waals surface area (Å²) < 4.78 is 0.706. The molecule has 114 valence electrons. The van der Waals surface area contributed by atoms with Crippen LogP contribution in [-0.2, 0) is 12.8 Å².